The molecule has 3 rings (SSSR count). The van der Waals surface area contributed by atoms with E-state index >= 15 is 0 Å². The first-order chi connectivity index (χ1) is 7.36. The second kappa shape index (κ2) is 3.84. The maximum absolute atomic E-state index is 4.39. The van der Waals surface area contributed by atoms with Gasteiger partial charge in [-0.2, -0.15) is 11.3 Å². The molecule has 1 nitrogen and oxygen atoms in total. The molecule has 0 radical (unpaired) electrons. The van der Waals surface area contributed by atoms with E-state index < -0.39 is 0 Å². The lowest BCUT2D eigenvalue weighted by Crippen LogP contribution is -1.72. The molecule has 0 amide bonds. The lowest BCUT2D eigenvalue weighted by Gasteiger charge is -1.91. The molecule has 0 bridgehead atoms. The van der Waals surface area contributed by atoms with E-state index in [2.05, 4.69) is 50.5 Å². The Hall–Kier alpha value is -0.460. The molecule has 3 aromatic rings. The van der Waals surface area contributed by atoms with E-state index in [1.54, 1.807) is 22.7 Å². The zero-order chi connectivity index (χ0) is 10.3. The second-order valence-corrected chi connectivity index (χ2v) is 5.97. The smallest absolute Gasteiger partial charge is 0.124 e. The highest BCUT2D eigenvalue weighted by Gasteiger charge is 2.11. The standard InChI is InChI=1S/C11H6INS2/c12-9-8-2-1-4-13-11(8)15-10(9)7-3-5-14-6-7/h1-6H. The van der Waals surface area contributed by atoms with Gasteiger partial charge in [0.1, 0.15) is 4.83 Å². The van der Waals surface area contributed by atoms with Crippen LogP contribution in [0, 0.1) is 3.57 Å². The Bertz CT molecular complexity index is 598. The molecule has 0 N–H and O–H groups in total. The molecule has 15 heavy (non-hydrogen) atoms. The highest BCUT2D eigenvalue weighted by Crippen LogP contribution is 2.38. The minimum absolute atomic E-state index is 1.13. The van der Waals surface area contributed by atoms with Crippen molar-refractivity contribution in [2.75, 3.05) is 0 Å². The van der Waals surface area contributed by atoms with E-state index in [9.17, 15) is 0 Å². The molecule has 0 aromatic carbocycles. The fourth-order valence-electron chi connectivity index (χ4n) is 1.48. The quantitative estimate of drug-likeness (QED) is 0.587. The van der Waals surface area contributed by atoms with Crippen molar-refractivity contribution in [2.45, 2.75) is 0 Å². The fraction of sp³-hybridized carbons (Fsp3) is 0. The Balaban J connectivity index is 2.33. The van der Waals surface area contributed by atoms with Crippen molar-refractivity contribution in [2.24, 2.45) is 0 Å². The van der Waals surface area contributed by atoms with Gasteiger partial charge in [0.2, 0.25) is 0 Å². The van der Waals surface area contributed by atoms with Crippen LogP contribution in [0.2, 0.25) is 0 Å². The van der Waals surface area contributed by atoms with Crippen LogP contribution in [-0.4, -0.2) is 4.98 Å². The van der Waals surface area contributed by atoms with Crippen LogP contribution >= 0.6 is 45.3 Å². The number of hydrogen-bond donors (Lipinski definition) is 0. The molecule has 0 unspecified atom stereocenters. The van der Waals surface area contributed by atoms with Gasteiger partial charge in [0.15, 0.2) is 0 Å². The summed E-state index contributed by atoms with van der Waals surface area (Å²) >= 11 is 5.92. The zero-order valence-corrected chi connectivity index (χ0v) is 11.4. The average molecular weight is 343 g/mol. The van der Waals surface area contributed by atoms with E-state index in [1.807, 2.05) is 12.3 Å². The summed E-state index contributed by atoms with van der Waals surface area (Å²) in [5.74, 6) is 0. The van der Waals surface area contributed by atoms with Crippen molar-refractivity contribution >= 4 is 55.5 Å². The summed E-state index contributed by atoms with van der Waals surface area (Å²) in [6, 6.07) is 6.29. The summed E-state index contributed by atoms with van der Waals surface area (Å²) < 4.78 is 1.32. The van der Waals surface area contributed by atoms with Crippen molar-refractivity contribution < 1.29 is 0 Å². The number of nitrogens with zero attached hydrogens (tertiary/aromatic N) is 1. The Labute approximate surface area is 109 Å². The number of halogens is 1. The molecule has 3 heterocycles. The third-order valence-electron chi connectivity index (χ3n) is 2.19. The summed E-state index contributed by atoms with van der Waals surface area (Å²) in [6.07, 6.45) is 1.85. The molecule has 3 aromatic heterocycles. The van der Waals surface area contributed by atoms with E-state index in [1.165, 1.54) is 19.4 Å². The summed E-state index contributed by atoms with van der Waals surface area (Å²) in [7, 11) is 0. The summed E-state index contributed by atoms with van der Waals surface area (Å²) in [6.45, 7) is 0. The molecule has 0 saturated carbocycles. The van der Waals surface area contributed by atoms with Gasteiger partial charge in [-0.05, 0) is 51.6 Å². The Morgan fingerprint density at radius 1 is 1.27 bits per heavy atom. The summed E-state index contributed by atoms with van der Waals surface area (Å²) in [5, 5.41) is 5.57. The van der Waals surface area contributed by atoms with Crippen molar-refractivity contribution in [3.05, 3.63) is 38.7 Å². The highest BCUT2D eigenvalue weighted by atomic mass is 127. The van der Waals surface area contributed by atoms with E-state index in [4.69, 9.17) is 0 Å². The van der Waals surface area contributed by atoms with Gasteiger partial charge in [-0.25, -0.2) is 4.98 Å². The first kappa shape index (κ1) is 9.74. The molecule has 0 saturated heterocycles. The first-order valence-electron chi connectivity index (χ1n) is 4.42. The Kier molecular flexibility index (Phi) is 2.50. The highest BCUT2D eigenvalue weighted by molar-refractivity contribution is 14.1. The van der Waals surface area contributed by atoms with Gasteiger partial charge in [0.05, 0.1) is 4.88 Å². The minimum Gasteiger partial charge on any atom is -0.245 e. The van der Waals surface area contributed by atoms with Gasteiger partial charge >= 0.3 is 0 Å². The Morgan fingerprint density at radius 2 is 2.20 bits per heavy atom. The van der Waals surface area contributed by atoms with Gasteiger partial charge in [0.25, 0.3) is 0 Å². The van der Waals surface area contributed by atoms with Crippen molar-refractivity contribution in [1.82, 2.24) is 4.98 Å². The van der Waals surface area contributed by atoms with Crippen LogP contribution in [0.3, 0.4) is 0 Å². The normalized spacial score (nSPS) is 11.0. The molecule has 0 aliphatic carbocycles. The van der Waals surface area contributed by atoms with E-state index in [0.29, 0.717) is 0 Å². The van der Waals surface area contributed by atoms with Crippen LogP contribution < -0.4 is 0 Å². The second-order valence-electron chi connectivity index (χ2n) is 3.11. The maximum atomic E-state index is 4.39. The summed E-state index contributed by atoms with van der Waals surface area (Å²) in [5.41, 5.74) is 1.31. The van der Waals surface area contributed by atoms with Crippen LogP contribution in [0.5, 0.6) is 0 Å². The van der Waals surface area contributed by atoms with Crippen molar-refractivity contribution in [1.29, 1.82) is 0 Å². The van der Waals surface area contributed by atoms with Crippen molar-refractivity contribution in [3.63, 3.8) is 0 Å². The average Bonchev–Trinajstić information content (AvgIpc) is 2.87. The van der Waals surface area contributed by atoms with Crippen LogP contribution in [0.1, 0.15) is 0 Å². The summed E-state index contributed by atoms with van der Waals surface area (Å²) in [4.78, 5) is 6.86. The molecule has 0 aliphatic heterocycles. The number of fused-ring (bicyclic) bond motifs is 1. The number of thiophene rings is 2. The van der Waals surface area contributed by atoms with Gasteiger partial charge < -0.3 is 0 Å². The minimum atomic E-state index is 1.13. The van der Waals surface area contributed by atoms with Crippen LogP contribution in [-0.2, 0) is 0 Å². The Morgan fingerprint density at radius 3 is 2.93 bits per heavy atom. The number of hydrogen-bond acceptors (Lipinski definition) is 3. The fourth-order valence-corrected chi connectivity index (χ4v) is 4.49. The topological polar surface area (TPSA) is 12.9 Å². The lowest BCUT2D eigenvalue weighted by molar-refractivity contribution is 1.44. The van der Waals surface area contributed by atoms with Gasteiger partial charge in [-0.15, -0.1) is 11.3 Å². The van der Waals surface area contributed by atoms with Crippen molar-refractivity contribution in [3.8, 4) is 10.4 Å². The third kappa shape index (κ3) is 1.60. The predicted molar refractivity (Wildman–Crippen MR) is 75.7 cm³/mol. The monoisotopic (exact) mass is 343 g/mol. The number of rotatable bonds is 1. The van der Waals surface area contributed by atoms with Crippen LogP contribution in [0.25, 0.3) is 20.7 Å². The van der Waals surface area contributed by atoms with Gasteiger partial charge in [0, 0.05) is 20.7 Å². The molecule has 4 heteroatoms. The number of aromatic nitrogens is 1. The zero-order valence-electron chi connectivity index (χ0n) is 7.61. The molecular formula is C11H6INS2. The first-order valence-corrected chi connectivity index (χ1v) is 7.25. The number of pyridine rings is 1. The predicted octanol–water partition coefficient (Wildman–Crippen LogP) is 4.63. The molecular weight excluding hydrogens is 337 g/mol. The van der Waals surface area contributed by atoms with Gasteiger partial charge in [-0.1, -0.05) is 0 Å². The van der Waals surface area contributed by atoms with Gasteiger partial charge in [-0.3, -0.25) is 0 Å². The molecule has 0 spiro atoms. The molecule has 0 aliphatic rings. The largest absolute Gasteiger partial charge is 0.245 e. The van der Waals surface area contributed by atoms with Crippen LogP contribution in [0.4, 0.5) is 0 Å². The molecule has 74 valence electrons. The van der Waals surface area contributed by atoms with E-state index in [-0.39, 0.29) is 0 Å². The molecule has 0 fully saturated rings. The molecule has 0 atom stereocenters. The van der Waals surface area contributed by atoms with E-state index in [0.717, 1.165) is 4.83 Å². The van der Waals surface area contributed by atoms with Crippen LogP contribution in [0.15, 0.2) is 35.2 Å². The maximum Gasteiger partial charge on any atom is 0.124 e. The lowest BCUT2D eigenvalue weighted by atomic mass is 10.2. The third-order valence-corrected chi connectivity index (χ3v) is 5.52. The SMILES string of the molecule is Ic1c(-c2ccsc2)sc2ncccc12.